The first-order chi connectivity index (χ1) is 11.2. The molecule has 6 nitrogen and oxygen atoms in total. The van der Waals surface area contributed by atoms with Gasteiger partial charge in [0, 0.05) is 31.7 Å². The highest BCUT2D eigenvalue weighted by Gasteiger charge is 2.30. The van der Waals surface area contributed by atoms with Crippen molar-refractivity contribution < 1.29 is 14.3 Å². The number of hydrogen-bond donors (Lipinski definition) is 2. The Kier molecular flexibility index (Phi) is 5.25. The number of para-hydroxylation sites is 1. The van der Waals surface area contributed by atoms with Crippen LogP contribution >= 0.6 is 0 Å². The molecule has 0 unspecified atom stereocenters. The van der Waals surface area contributed by atoms with Crippen LogP contribution in [0, 0.1) is 0 Å². The minimum absolute atomic E-state index is 0.0609. The Morgan fingerprint density at radius 2 is 2.09 bits per heavy atom. The summed E-state index contributed by atoms with van der Waals surface area (Å²) >= 11 is 0. The highest BCUT2D eigenvalue weighted by molar-refractivity contribution is 6.01. The molecule has 1 aromatic carbocycles. The number of benzene rings is 1. The molecule has 1 atom stereocenters. The van der Waals surface area contributed by atoms with Gasteiger partial charge in [0.2, 0.25) is 11.8 Å². The van der Waals surface area contributed by atoms with Crippen LogP contribution in [-0.2, 0) is 14.3 Å². The van der Waals surface area contributed by atoms with Crippen LogP contribution in [0.3, 0.4) is 0 Å². The number of nitrogens with zero attached hydrogens (tertiary/aromatic N) is 1. The van der Waals surface area contributed by atoms with Crippen molar-refractivity contribution in [1.82, 2.24) is 10.2 Å². The summed E-state index contributed by atoms with van der Waals surface area (Å²) in [6, 6.07) is 7.51. The fourth-order valence-corrected chi connectivity index (χ4v) is 3.11. The van der Waals surface area contributed by atoms with E-state index in [2.05, 4.69) is 15.5 Å². The van der Waals surface area contributed by atoms with Crippen LogP contribution < -0.4 is 10.6 Å². The lowest BCUT2D eigenvalue weighted by Gasteiger charge is -2.27. The van der Waals surface area contributed by atoms with Gasteiger partial charge < -0.3 is 15.4 Å². The predicted octanol–water partition coefficient (Wildman–Crippen LogP) is 0.951. The van der Waals surface area contributed by atoms with Gasteiger partial charge in [-0.15, -0.1) is 0 Å². The largest absolute Gasteiger partial charge is 0.379 e. The van der Waals surface area contributed by atoms with Crippen molar-refractivity contribution in [3.05, 3.63) is 29.8 Å². The van der Waals surface area contributed by atoms with E-state index in [1.54, 1.807) is 0 Å². The van der Waals surface area contributed by atoms with Crippen LogP contribution in [-0.4, -0.2) is 56.1 Å². The van der Waals surface area contributed by atoms with Gasteiger partial charge in [-0.3, -0.25) is 14.5 Å². The van der Waals surface area contributed by atoms with Crippen molar-refractivity contribution >= 4 is 17.5 Å². The fourth-order valence-electron chi connectivity index (χ4n) is 3.11. The summed E-state index contributed by atoms with van der Waals surface area (Å²) in [6.45, 7) is 5.11. The fraction of sp³-hybridized carbons (Fsp3) is 0.529. The van der Waals surface area contributed by atoms with Crippen LogP contribution in [0.15, 0.2) is 24.3 Å². The third-order valence-corrected chi connectivity index (χ3v) is 4.37. The molecule has 2 amide bonds. The van der Waals surface area contributed by atoms with E-state index in [4.69, 9.17) is 4.74 Å². The molecular weight excluding hydrogens is 294 g/mol. The maximum Gasteiger partial charge on any atom is 0.228 e. The van der Waals surface area contributed by atoms with Crippen molar-refractivity contribution in [2.24, 2.45) is 0 Å². The molecule has 0 spiro atoms. The monoisotopic (exact) mass is 317 g/mol. The van der Waals surface area contributed by atoms with Crippen molar-refractivity contribution in [2.75, 3.05) is 44.7 Å². The number of carbonyl (C=O) groups excluding carboxylic acids is 2. The van der Waals surface area contributed by atoms with Gasteiger partial charge in [-0.05, 0) is 24.6 Å². The average Bonchev–Trinajstić information content (AvgIpc) is 2.58. The number of morpholine rings is 1. The van der Waals surface area contributed by atoms with Crippen LogP contribution in [0.2, 0.25) is 0 Å². The van der Waals surface area contributed by atoms with E-state index in [0.29, 0.717) is 6.54 Å². The molecule has 6 heteroatoms. The standard InChI is InChI=1S/C17H23N3O3/c21-16-12-14(13-4-1-2-5-15(13)19-16)17(22)18-6-3-7-20-8-10-23-11-9-20/h1-2,4-5,14H,3,6-12H2,(H,18,22)(H,19,21)/t14-/m0/s1. The summed E-state index contributed by atoms with van der Waals surface area (Å²) in [7, 11) is 0. The number of carbonyl (C=O) groups is 2. The second-order valence-electron chi connectivity index (χ2n) is 5.99. The summed E-state index contributed by atoms with van der Waals surface area (Å²) in [5.41, 5.74) is 1.65. The van der Waals surface area contributed by atoms with Crippen LogP contribution in [0.1, 0.15) is 24.3 Å². The SMILES string of the molecule is O=C1C[C@H](C(=O)NCCCN2CCOCC2)c2ccccc2N1. The maximum absolute atomic E-state index is 12.4. The summed E-state index contributed by atoms with van der Waals surface area (Å²) in [5.74, 6) is -0.546. The third-order valence-electron chi connectivity index (χ3n) is 4.37. The van der Waals surface area contributed by atoms with Crippen molar-refractivity contribution in [1.29, 1.82) is 0 Å². The zero-order valence-corrected chi connectivity index (χ0v) is 13.2. The van der Waals surface area contributed by atoms with E-state index in [1.165, 1.54) is 0 Å². The molecule has 1 fully saturated rings. The Hall–Kier alpha value is -1.92. The zero-order chi connectivity index (χ0) is 16.1. The number of amides is 2. The zero-order valence-electron chi connectivity index (χ0n) is 13.2. The van der Waals surface area contributed by atoms with Crippen molar-refractivity contribution in [3.63, 3.8) is 0 Å². The van der Waals surface area contributed by atoms with Gasteiger partial charge in [0.1, 0.15) is 0 Å². The molecule has 1 saturated heterocycles. The molecule has 3 rings (SSSR count). The quantitative estimate of drug-likeness (QED) is 0.793. The van der Waals surface area contributed by atoms with E-state index >= 15 is 0 Å². The molecule has 1 aromatic rings. The maximum atomic E-state index is 12.4. The van der Waals surface area contributed by atoms with Gasteiger partial charge in [-0.2, -0.15) is 0 Å². The average molecular weight is 317 g/mol. The van der Waals surface area contributed by atoms with E-state index in [-0.39, 0.29) is 24.2 Å². The number of hydrogen-bond acceptors (Lipinski definition) is 4. The normalized spacial score (nSPS) is 21.4. The molecule has 124 valence electrons. The van der Waals surface area contributed by atoms with Crippen LogP contribution in [0.25, 0.3) is 0 Å². The molecule has 0 saturated carbocycles. The molecule has 0 aliphatic carbocycles. The van der Waals surface area contributed by atoms with Gasteiger partial charge in [0.15, 0.2) is 0 Å². The van der Waals surface area contributed by atoms with Crippen LogP contribution in [0.4, 0.5) is 5.69 Å². The minimum Gasteiger partial charge on any atom is -0.379 e. The van der Waals surface area contributed by atoms with Crippen molar-refractivity contribution in [2.45, 2.75) is 18.8 Å². The summed E-state index contributed by atoms with van der Waals surface area (Å²) in [6.07, 6.45) is 1.12. The smallest absolute Gasteiger partial charge is 0.228 e. The molecule has 2 N–H and O–H groups in total. The second kappa shape index (κ2) is 7.57. The van der Waals surface area contributed by atoms with Gasteiger partial charge >= 0.3 is 0 Å². The minimum atomic E-state index is -0.386. The Balaban J connectivity index is 1.49. The third kappa shape index (κ3) is 4.09. The molecule has 0 aromatic heterocycles. The van der Waals surface area contributed by atoms with E-state index in [9.17, 15) is 9.59 Å². The summed E-state index contributed by atoms with van der Waals surface area (Å²) < 4.78 is 5.32. The first-order valence-corrected chi connectivity index (χ1v) is 8.20. The van der Waals surface area contributed by atoms with Gasteiger partial charge in [0.25, 0.3) is 0 Å². The topological polar surface area (TPSA) is 70.7 Å². The lowest BCUT2D eigenvalue weighted by molar-refractivity contribution is -0.126. The molecule has 2 aliphatic rings. The molecular formula is C17H23N3O3. The first kappa shape index (κ1) is 16.0. The number of ether oxygens (including phenoxy) is 1. The second-order valence-corrected chi connectivity index (χ2v) is 5.99. The number of fused-ring (bicyclic) bond motifs is 1. The van der Waals surface area contributed by atoms with E-state index < -0.39 is 0 Å². The molecule has 2 heterocycles. The molecule has 0 bridgehead atoms. The van der Waals surface area contributed by atoms with Crippen molar-refractivity contribution in [3.8, 4) is 0 Å². The molecule has 23 heavy (non-hydrogen) atoms. The summed E-state index contributed by atoms with van der Waals surface area (Å²) in [4.78, 5) is 26.5. The lowest BCUT2D eigenvalue weighted by atomic mass is 9.90. The molecule has 2 aliphatic heterocycles. The number of rotatable bonds is 5. The van der Waals surface area contributed by atoms with Gasteiger partial charge in [-0.25, -0.2) is 0 Å². The number of nitrogens with one attached hydrogen (secondary N) is 2. The van der Waals surface area contributed by atoms with E-state index in [1.807, 2.05) is 24.3 Å². The Labute approximate surface area is 136 Å². The Morgan fingerprint density at radius 1 is 1.30 bits per heavy atom. The predicted molar refractivity (Wildman–Crippen MR) is 87.3 cm³/mol. The lowest BCUT2D eigenvalue weighted by Crippen LogP contribution is -2.39. The highest BCUT2D eigenvalue weighted by atomic mass is 16.5. The Morgan fingerprint density at radius 3 is 2.91 bits per heavy atom. The summed E-state index contributed by atoms with van der Waals surface area (Å²) in [5, 5.41) is 5.79. The van der Waals surface area contributed by atoms with Crippen LogP contribution in [0.5, 0.6) is 0 Å². The van der Waals surface area contributed by atoms with Gasteiger partial charge in [0.05, 0.1) is 19.1 Å². The van der Waals surface area contributed by atoms with Gasteiger partial charge in [-0.1, -0.05) is 18.2 Å². The first-order valence-electron chi connectivity index (χ1n) is 8.20. The Bertz CT molecular complexity index is 570. The van der Waals surface area contributed by atoms with E-state index in [0.717, 1.165) is 50.5 Å². The highest BCUT2D eigenvalue weighted by Crippen LogP contribution is 2.31. The molecule has 0 radical (unpaired) electrons. The number of anilines is 1.